The summed E-state index contributed by atoms with van der Waals surface area (Å²) in [6.07, 6.45) is 0. The highest BCUT2D eigenvalue weighted by atomic mass is 32.2. The molecular weight excluding hydrogens is 224 g/mol. The molecule has 0 bridgehead atoms. The average molecular weight is 238 g/mol. The maximum atomic E-state index is 11.4. The van der Waals surface area contributed by atoms with Crippen molar-refractivity contribution in [1.29, 1.82) is 0 Å². The van der Waals surface area contributed by atoms with Crippen molar-refractivity contribution in [3.8, 4) is 0 Å². The van der Waals surface area contributed by atoms with E-state index in [2.05, 4.69) is 0 Å². The van der Waals surface area contributed by atoms with Crippen molar-refractivity contribution in [3.05, 3.63) is 35.9 Å². The van der Waals surface area contributed by atoms with Crippen molar-refractivity contribution in [2.45, 2.75) is 24.3 Å². The Balaban J connectivity index is 2.61. The zero-order valence-electron chi connectivity index (χ0n) is 9.27. The third kappa shape index (κ3) is 3.38. The number of carboxylic acid groups (broad SMARTS) is 1. The van der Waals surface area contributed by atoms with Gasteiger partial charge in [-0.2, -0.15) is 0 Å². The van der Waals surface area contributed by atoms with E-state index in [9.17, 15) is 9.59 Å². The van der Waals surface area contributed by atoms with Gasteiger partial charge in [0.2, 0.25) is 0 Å². The molecule has 0 spiro atoms. The fourth-order valence-electron chi connectivity index (χ4n) is 1.16. The van der Waals surface area contributed by atoms with Gasteiger partial charge in [-0.25, -0.2) is 4.79 Å². The highest BCUT2D eigenvalue weighted by molar-refractivity contribution is 8.00. The number of hydrogen-bond acceptors (Lipinski definition) is 3. The number of hydrogen-bond donors (Lipinski definition) is 1. The van der Waals surface area contributed by atoms with Gasteiger partial charge in [0.1, 0.15) is 0 Å². The molecule has 0 aliphatic rings. The first-order valence-corrected chi connectivity index (χ1v) is 5.87. The van der Waals surface area contributed by atoms with Crippen LogP contribution in [0.1, 0.15) is 19.4 Å². The number of Topliss-reactive ketones (excluding diaryl/α,β-unsaturated/α-hetero) is 1. The van der Waals surface area contributed by atoms with Gasteiger partial charge in [0.25, 0.3) is 5.78 Å². The molecule has 0 heterocycles. The summed E-state index contributed by atoms with van der Waals surface area (Å²) in [5, 5.41) is 8.65. The Labute approximate surface area is 98.9 Å². The van der Waals surface area contributed by atoms with Gasteiger partial charge in [-0.15, -0.1) is 11.8 Å². The Kier molecular flexibility index (Phi) is 4.12. The van der Waals surface area contributed by atoms with E-state index in [0.29, 0.717) is 5.75 Å². The van der Waals surface area contributed by atoms with Crippen molar-refractivity contribution < 1.29 is 14.7 Å². The SMILES string of the molecule is CC(C)(SCc1ccccc1)C(=O)C(=O)O. The van der Waals surface area contributed by atoms with Gasteiger partial charge in [-0.05, 0) is 19.4 Å². The van der Waals surface area contributed by atoms with Gasteiger partial charge in [-0.3, -0.25) is 4.79 Å². The summed E-state index contributed by atoms with van der Waals surface area (Å²) in [5.74, 6) is -1.49. The fourth-order valence-corrected chi connectivity index (χ4v) is 2.10. The van der Waals surface area contributed by atoms with E-state index in [1.165, 1.54) is 11.8 Å². The molecule has 0 fully saturated rings. The van der Waals surface area contributed by atoms with Crippen LogP contribution in [0.3, 0.4) is 0 Å². The van der Waals surface area contributed by atoms with Crippen LogP contribution in [0, 0.1) is 0 Å². The Hall–Kier alpha value is -1.29. The summed E-state index contributed by atoms with van der Waals surface area (Å²) in [7, 11) is 0. The summed E-state index contributed by atoms with van der Waals surface area (Å²) in [4.78, 5) is 22.0. The summed E-state index contributed by atoms with van der Waals surface area (Å²) in [6.45, 7) is 3.27. The van der Waals surface area contributed by atoms with Crippen LogP contribution in [0.25, 0.3) is 0 Å². The third-order valence-electron chi connectivity index (χ3n) is 2.18. The normalized spacial score (nSPS) is 11.1. The summed E-state index contributed by atoms with van der Waals surface area (Å²) >= 11 is 1.34. The Morgan fingerprint density at radius 1 is 1.25 bits per heavy atom. The van der Waals surface area contributed by atoms with Gasteiger partial charge >= 0.3 is 5.97 Å². The second-order valence-corrected chi connectivity index (χ2v) is 5.52. The number of carboxylic acids is 1. The lowest BCUT2D eigenvalue weighted by atomic mass is 10.1. The van der Waals surface area contributed by atoms with Crippen LogP contribution in [0.2, 0.25) is 0 Å². The van der Waals surface area contributed by atoms with Gasteiger partial charge in [0, 0.05) is 5.75 Å². The lowest BCUT2D eigenvalue weighted by Crippen LogP contribution is -2.34. The molecule has 1 rings (SSSR count). The second-order valence-electron chi connectivity index (χ2n) is 3.92. The van der Waals surface area contributed by atoms with Crippen LogP contribution in [-0.4, -0.2) is 21.6 Å². The molecule has 1 N–H and O–H groups in total. The van der Waals surface area contributed by atoms with Crippen LogP contribution < -0.4 is 0 Å². The monoisotopic (exact) mass is 238 g/mol. The molecule has 0 radical (unpaired) electrons. The van der Waals surface area contributed by atoms with Crippen LogP contribution in [-0.2, 0) is 15.3 Å². The molecule has 0 aliphatic heterocycles. The Morgan fingerprint density at radius 3 is 2.31 bits per heavy atom. The molecule has 3 nitrogen and oxygen atoms in total. The van der Waals surface area contributed by atoms with E-state index in [-0.39, 0.29) is 0 Å². The quantitative estimate of drug-likeness (QED) is 0.800. The smallest absolute Gasteiger partial charge is 0.373 e. The Morgan fingerprint density at radius 2 is 1.81 bits per heavy atom. The summed E-state index contributed by atoms with van der Waals surface area (Å²) in [5.41, 5.74) is 1.08. The number of thioether (sulfide) groups is 1. The van der Waals surface area contributed by atoms with Crippen molar-refractivity contribution in [1.82, 2.24) is 0 Å². The number of ketones is 1. The number of rotatable bonds is 5. The minimum absolute atomic E-state index is 0.632. The summed E-state index contributed by atoms with van der Waals surface area (Å²) < 4.78 is -0.887. The highest BCUT2D eigenvalue weighted by Gasteiger charge is 2.33. The van der Waals surface area contributed by atoms with E-state index in [1.807, 2.05) is 30.3 Å². The predicted octanol–water partition coefficient (Wildman–Crippen LogP) is 2.35. The molecule has 1 aromatic carbocycles. The van der Waals surface area contributed by atoms with E-state index in [1.54, 1.807) is 13.8 Å². The lowest BCUT2D eigenvalue weighted by Gasteiger charge is -2.19. The molecule has 0 saturated heterocycles. The fraction of sp³-hybridized carbons (Fsp3) is 0.333. The number of aliphatic carboxylic acids is 1. The maximum Gasteiger partial charge on any atom is 0.373 e. The number of benzene rings is 1. The zero-order chi connectivity index (χ0) is 12.2. The third-order valence-corrected chi connectivity index (χ3v) is 3.57. The van der Waals surface area contributed by atoms with E-state index < -0.39 is 16.5 Å². The maximum absolute atomic E-state index is 11.4. The van der Waals surface area contributed by atoms with E-state index in [4.69, 9.17) is 5.11 Å². The van der Waals surface area contributed by atoms with Crippen molar-refractivity contribution in [2.24, 2.45) is 0 Å². The topological polar surface area (TPSA) is 54.4 Å². The second kappa shape index (κ2) is 5.16. The van der Waals surface area contributed by atoms with Gasteiger partial charge in [0.05, 0.1) is 4.75 Å². The van der Waals surface area contributed by atoms with Crippen LogP contribution in [0.5, 0.6) is 0 Å². The minimum atomic E-state index is -1.37. The minimum Gasteiger partial charge on any atom is -0.475 e. The molecule has 86 valence electrons. The lowest BCUT2D eigenvalue weighted by molar-refractivity contribution is -0.149. The predicted molar refractivity (Wildman–Crippen MR) is 64.5 cm³/mol. The highest BCUT2D eigenvalue weighted by Crippen LogP contribution is 2.28. The molecule has 0 aliphatic carbocycles. The molecule has 0 aromatic heterocycles. The van der Waals surface area contributed by atoms with Crippen LogP contribution in [0.4, 0.5) is 0 Å². The first kappa shape index (κ1) is 12.8. The van der Waals surface area contributed by atoms with Crippen LogP contribution >= 0.6 is 11.8 Å². The number of carbonyl (C=O) groups is 2. The van der Waals surface area contributed by atoms with E-state index in [0.717, 1.165) is 5.56 Å². The van der Waals surface area contributed by atoms with Crippen molar-refractivity contribution in [3.63, 3.8) is 0 Å². The van der Waals surface area contributed by atoms with Gasteiger partial charge < -0.3 is 5.11 Å². The molecule has 0 atom stereocenters. The van der Waals surface area contributed by atoms with Crippen molar-refractivity contribution in [2.75, 3.05) is 0 Å². The molecule has 0 saturated carbocycles. The van der Waals surface area contributed by atoms with Crippen LogP contribution in [0.15, 0.2) is 30.3 Å². The summed E-state index contributed by atoms with van der Waals surface area (Å²) in [6, 6.07) is 9.66. The Bertz CT molecular complexity index is 385. The standard InChI is InChI=1S/C12H14O3S/c1-12(2,10(13)11(14)15)16-8-9-6-4-3-5-7-9/h3-7H,8H2,1-2H3,(H,14,15). The molecule has 4 heteroatoms. The molecule has 0 amide bonds. The molecule has 0 unspecified atom stereocenters. The first-order valence-electron chi connectivity index (χ1n) is 4.89. The van der Waals surface area contributed by atoms with E-state index >= 15 is 0 Å². The largest absolute Gasteiger partial charge is 0.475 e. The first-order chi connectivity index (χ1) is 7.43. The van der Waals surface area contributed by atoms with Gasteiger partial charge in [-0.1, -0.05) is 30.3 Å². The average Bonchev–Trinajstić information content (AvgIpc) is 2.27. The van der Waals surface area contributed by atoms with Crippen molar-refractivity contribution >= 4 is 23.5 Å². The molecule has 16 heavy (non-hydrogen) atoms. The van der Waals surface area contributed by atoms with Gasteiger partial charge in [0.15, 0.2) is 0 Å². The number of carbonyl (C=O) groups excluding carboxylic acids is 1. The zero-order valence-corrected chi connectivity index (χ0v) is 10.1. The molecule has 1 aromatic rings. The molecular formula is C12H14O3S.